The van der Waals surface area contributed by atoms with Gasteiger partial charge in [-0.15, -0.1) is 0 Å². The molecule has 0 bridgehead atoms. The summed E-state index contributed by atoms with van der Waals surface area (Å²) in [7, 11) is 1.96. The molecule has 0 fully saturated rings. The molecule has 0 aliphatic carbocycles. The SMILES string of the molecule is CNCCCc1nc2cc(C(C)(C)C)ccc2o1. The minimum Gasteiger partial charge on any atom is -0.441 e. The summed E-state index contributed by atoms with van der Waals surface area (Å²) in [4.78, 5) is 4.56. The van der Waals surface area contributed by atoms with E-state index in [1.165, 1.54) is 5.56 Å². The van der Waals surface area contributed by atoms with Gasteiger partial charge in [0.1, 0.15) is 5.52 Å². The van der Waals surface area contributed by atoms with E-state index in [2.05, 4.69) is 43.2 Å². The molecule has 1 aromatic carbocycles. The maximum atomic E-state index is 5.74. The molecule has 98 valence electrons. The van der Waals surface area contributed by atoms with Gasteiger partial charge < -0.3 is 9.73 Å². The van der Waals surface area contributed by atoms with Crippen LogP contribution in [0.5, 0.6) is 0 Å². The maximum absolute atomic E-state index is 5.74. The fourth-order valence-corrected chi connectivity index (χ4v) is 1.96. The van der Waals surface area contributed by atoms with E-state index in [-0.39, 0.29) is 5.41 Å². The topological polar surface area (TPSA) is 38.1 Å². The van der Waals surface area contributed by atoms with Crippen LogP contribution in [0.3, 0.4) is 0 Å². The van der Waals surface area contributed by atoms with Gasteiger partial charge in [-0.3, -0.25) is 0 Å². The summed E-state index contributed by atoms with van der Waals surface area (Å²) < 4.78 is 5.74. The van der Waals surface area contributed by atoms with Crippen LogP contribution in [0, 0.1) is 0 Å². The number of rotatable bonds is 4. The van der Waals surface area contributed by atoms with Crippen LogP contribution in [0.2, 0.25) is 0 Å². The summed E-state index contributed by atoms with van der Waals surface area (Å²) in [6.07, 6.45) is 1.94. The third-order valence-corrected chi connectivity index (χ3v) is 3.12. The van der Waals surface area contributed by atoms with Crippen LogP contribution < -0.4 is 5.32 Å². The minimum absolute atomic E-state index is 0.152. The lowest BCUT2D eigenvalue weighted by atomic mass is 9.87. The molecular weight excluding hydrogens is 224 g/mol. The van der Waals surface area contributed by atoms with E-state index >= 15 is 0 Å². The van der Waals surface area contributed by atoms with Gasteiger partial charge in [0.2, 0.25) is 0 Å². The smallest absolute Gasteiger partial charge is 0.195 e. The normalized spacial score (nSPS) is 12.2. The van der Waals surface area contributed by atoms with Crippen molar-refractivity contribution in [3.05, 3.63) is 29.7 Å². The quantitative estimate of drug-likeness (QED) is 0.841. The molecule has 0 amide bonds. The van der Waals surface area contributed by atoms with E-state index in [1.807, 2.05) is 13.1 Å². The van der Waals surface area contributed by atoms with Crippen molar-refractivity contribution >= 4 is 11.1 Å². The second-order valence-electron chi connectivity index (χ2n) is 5.75. The first-order chi connectivity index (χ1) is 8.50. The Labute approximate surface area is 109 Å². The van der Waals surface area contributed by atoms with Gasteiger partial charge in [0.05, 0.1) is 0 Å². The predicted molar refractivity (Wildman–Crippen MR) is 75.0 cm³/mol. The lowest BCUT2D eigenvalue weighted by Crippen LogP contribution is -2.10. The van der Waals surface area contributed by atoms with Gasteiger partial charge in [-0.2, -0.15) is 0 Å². The Morgan fingerprint density at radius 3 is 2.72 bits per heavy atom. The Morgan fingerprint density at radius 2 is 2.06 bits per heavy atom. The molecular formula is C15H22N2O. The molecule has 3 nitrogen and oxygen atoms in total. The summed E-state index contributed by atoms with van der Waals surface area (Å²) in [6.45, 7) is 7.62. The summed E-state index contributed by atoms with van der Waals surface area (Å²) in [5.41, 5.74) is 3.31. The van der Waals surface area contributed by atoms with Crippen LogP contribution in [0.1, 0.15) is 38.6 Å². The summed E-state index contributed by atoms with van der Waals surface area (Å²) in [5.74, 6) is 0.839. The number of aryl methyl sites for hydroxylation is 1. The zero-order chi connectivity index (χ0) is 13.2. The van der Waals surface area contributed by atoms with Crippen molar-refractivity contribution in [1.29, 1.82) is 0 Å². The van der Waals surface area contributed by atoms with E-state index in [0.717, 1.165) is 36.4 Å². The number of fused-ring (bicyclic) bond motifs is 1. The fraction of sp³-hybridized carbons (Fsp3) is 0.533. The third-order valence-electron chi connectivity index (χ3n) is 3.12. The first kappa shape index (κ1) is 13.1. The molecule has 0 spiro atoms. The van der Waals surface area contributed by atoms with Crippen LogP contribution in [0.15, 0.2) is 22.6 Å². The van der Waals surface area contributed by atoms with E-state index in [9.17, 15) is 0 Å². The second-order valence-corrected chi connectivity index (χ2v) is 5.75. The number of nitrogens with zero attached hydrogens (tertiary/aromatic N) is 1. The van der Waals surface area contributed by atoms with Gasteiger partial charge in [0.25, 0.3) is 0 Å². The number of benzene rings is 1. The highest BCUT2D eigenvalue weighted by Crippen LogP contribution is 2.26. The van der Waals surface area contributed by atoms with Gasteiger partial charge in [-0.1, -0.05) is 26.8 Å². The molecule has 1 N–H and O–H groups in total. The van der Waals surface area contributed by atoms with Crippen molar-refractivity contribution in [1.82, 2.24) is 10.3 Å². The lowest BCUT2D eigenvalue weighted by molar-refractivity contribution is 0.515. The van der Waals surface area contributed by atoms with E-state index < -0.39 is 0 Å². The number of hydrogen-bond donors (Lipinski definition) is 1. The fourth-order valence-electron chi connectivity index (χ4n) is 1.96. The summed E-state index contributed by atoms with van der Waals surface area (Å²) in [6, 6.07) is 6.30. The molecule has 18 heavy (non-hydrogen) atoms. The lowest BCUT2D eigenvalue weighted by Gasteiger charge is -2.18. The monoisotopic (exact) mass is 246 g/mol. The highest BCUT2D eigenvalue weighted by atomic mass is 16.3. The number of oxazole rings is 1. The average Bonchev–Trinajstić information content (AvgIpc) is 2.69. The van der Waals surface area contributed by atoms with Gasteiger partial charge in [-0.25, -0.2) is 4.98 Å². The molecule has 2 aromatic rings. The Bertz CT molecular complexity index is 523. The van der Waals surface area contributed by atoms with Crippen molar-refractivity contribution in [3.8, 4) is 0 Å². The van der Waals surface area contributed by atoms with Crippen molar-refractivity contribution < 1.29 is 4.42 Å². The number of nitrogens with one attached hydrogen (secondary N) is 1. The Hall–Kier alpha value is -1.35. The highest BCUT2D eigenvalue weighted by Gasteiger charge is 2.15. The Kier molecular flexibility index (Phi) is 3.71. The molecule has 2 rings (SSSR count). The van der Waals surface area contributed by atoms with Crippen LogP contribution in [0.4, 0.5) is 0 Å². The van der Waals surface area contributed by atoms with Crippen LogP contribution in [-0.4, -0.2) is 18.6 Å². The van der Waals surface area contributed by atoms with Gasteiger partial charge in [0, 0.05) is 6.42 Å². The van der Waals surface area contributed by atoms with E-state index in [0.29, 0.717) is 0 Å². The first-order valence-corrected chi connectivity index (χ1v) is 6.55. The summed E-state index contributed by atoms with van der Waals surface area (Å²) in [5, 5.41) is 3.13. The Balaban J connectivity index is 2.23. The predicted octanol–water partition coefficient (Wildman–Crippen LogP) is 3.28. The van der Waals surface area contributed by atoms with Crippen molar-refractivity contribution in [2.45, 2.75) is 39.0 Å². The number of hydrogen-bond acceptors (Lipinski definition) is 3. The highest BCUT2D eigenvalue weighted by molar-refractivity contribution is 5.73. The largest absolute Gasteiger partial charge is 0.441 e. The Morgan fingerprint density at radius 1 is 1.28 bits per heavy atom. The van der Waals surface area contributed by atoms with Crippen LogP contribution >= 0.6 is 0 Å². The maximum Gasteiger partial charge on any atom is 0.195 e. The molecule has 0 aliphatic heterocycles. The van der Waals surface area contributed by atoms with Crippen molar-refractivity contribution in [2.75, 3.05) is 13.6 Å². The molecule has 0 unspecified atom stereocenters. The van der Waals surface area contributed by atoms with Gasteiger partial charge in [-0.05, 0) is 43.1 Å². The molecule has 3 heteroatoms. The van der Waals surface area contributed by atoms with Crippen LogP contribution in [-0.2, 0) is 11.8 Å². The first-order valence-electron chi connectivity index (χ1n) is 6.55. The molecule has 0 aliphatic rings. The van der Waals surface area contributed by atoms with E-state index in [1.54, 1.807) is 0 Å². The molecule has 1 aromatic heterocycles. The molecule has 0 radical (unpaired) electrons. The zero-order valence-corrected chi connectivity index (χ0v) is 11.7. The average molecular weight is 246 g/mol. The molecule has 1 heterocycles. The third kappa shape index (κ3) is 2.91. The zero-order valence-electron chi connectivity index (χ0n) is 11.7. The van der Waals surface area contributed by atoms with Crippen molar-refractivity contribution in [2.24, 2.45) is 0 Å². The second kappa shape index (κ2) is 5.11. The van der Waals surface area contributed by atoms with Gasteiger partial charge in [0.15, 0.2) is 11.5 Å². The summed E-state index contributed by atoms with van der Waals surface area (Å²) >= 11 is 0. The van der Waals surface area contributed by atoms with Crippen LogP contribution in [0.25, 0.3) is 11.1 Å². The molecule has 0 saturated carbocycles. The van der Waals surface area contributed by atoms with Gasteiger partial charge >= 0.3 is 0 Å². The molecule has 0 atom stereocenters. The number of aromatic nitrogens is 1. The standard InChI is InChI=1S/C15H22N2O/c1-15(2,3)11-7-8-13-12(10-11)17-14(18-13)6-5-9-16-4/h7-8,10,16H,5-6,9H2,1-4H3. The minimum atomic E-state index is 0.152. The van der Waals surface area contributed by atoms with E-state index in [4.69, 9.17) is 4.42 Å². The molecule has 0 saturated heterocycles. The van der Waals surface area contributed by atoms with Crippen molar-refractivity contribution in [3.63, 3.8) is 0 Å².